The minimum Gasteiger partial charge on any atom is -0.461 e. The summed E-state index contributed by atoms with van der Waals surface area (Å²) in [4.78, 5) is 12.0. The highest BCUT2D eigenvalue weighted by atomic mass is 16.5. The van der Waals surface area contributed by atoms with Gasteiger partial charge in [-0.25, -0.2) is 0 Å². The molecule has 0 heterocycles. The molecule has 2 nitrogen and oxygen atoms in total. The highest BCUT2D eigenvalue weighted by Gasteiger charge is 2.46. The maximum absolute atomic E-state index is 12.0. The van der Waals surface area contributed by atoms with Crippen molar-refractivity contribution in [1.82, 2.24) is 0 Å². The van der Waals surface area contributed by atoms with Gasteiger partial charge < -0.3 is 4.74 Å². The number of fused-ring (bicyclic) bond motifs is 1. The van der Waals surface area contributed by atoms with Gasteiger partial charge in [0.15, 0.2) is 0 Å². The fourth-order valence-corrected chi connectivity index (χ4v) is 4.23. The molecule has 0 saturated heterocycles. The first-order valence-corrected chi connectivity index (χ1v) is 10.2. The zero-order valence-electron chi connectivity index (χ0n) is 18.0. The summed E-state index contributed by atoms with van der Waals surface area (Å²) in [6.07, 6.45) is 3.36. The highest BCUT2D eigenvalue weighted by Crippen LogP contribution is 2.47. The predicted octanol–water partition coefficient (Wildman–Crippen LogP) is 6.53. The number of allylic oxidation sites excluding steroid dienone is 1. The Morgan fingerprint density at radius 3 is 2.39 bits per heavy atom. The summed E-state index contributed by atoms with van der Waals surface area (Å²) in [6, 6.07) is 17.2. The normalized spacial score (nSPS) is 20.4. The van der Waals surface area contributed by atoms with Crippen molar-refractivity contribution in [2.45, 2.75) is 71.3 Å². The lowest BCUT2D eigenvalue weighted by molar-refractivity contribution is -0.154. The zero-order valence-corrected chi connectivity index (χ0v) is 18.0. The summed E-state index contributed by atoms with van der Waals surface area (Å²) >= 11 is 0. The minimum atomic E-state index is -0.223. The van der Waals surface area contributed by atoms with E-state index in [2.05, 4.69) is 83.2 Å². The molecule has 0 saturated carbocycles. The molecule has 0 fully saturated rings. The van der Waals surface area contributed by atoms with Gasteiger partial charge in [0.1, 0.15) is 6.10 Å². The first-order valence-electron chi connectivity index (χ1n) is 10.2. The second kappa shape index (κ2) is 7.58. The third kappa shape index (κ3) is 3.92. The standard InChI is InChI=1S/C26H32O2/c1-7-24(27)28-23-17-25(3,4)21-14-13-20(16-22(21)26(23,5)6)18(2)15-19-11-9-8-10-12-19/h8-16,23H,7,17H2,1-6H3/b18-15+. The Morgan fingerprint density at radius 2 is 1.75 bits per heavy atom. The van der Waals surface area contributed by atoms with Crippen LogP contribution in [0.4, 0.5) is 0 Å². The van der Waals surface area contributed by atoms with Crippen LogP contribution in [0.3, 0.4) is 0 Å². The lowest BCUT2D eigenvalue weighted by Gasteiger charge is -2.47. The van der Waals surface area contributed by atoms with Gasteiger partial charge in [-0.05, 0) is 46.6 Å². The molecule has 148 valence electrons. The number of ether oxygens (including phenoxy) is 1. The monoisotopic (exact) mass is 376 g/mol. The van der Waals surface area contributed by atoms with E-state index in [1.807, 2.05) is 13.0 Å². The number of hydrogen-bond donors (Lipinski definition) is 0. The smallest absolute Gasteiger partial charge is 0.305 e. The van der Waals surface area contributed by atoms with Crippen molar-refractivity contribution in [1.29, 1.82) is 0 Å². The summed E-state index contributed by atoms with van der Waals surface area (Å²) in [5.41, 5.74) is 6.04. The van der Waals surface area contributed by atoms with Crippen LogP contribution in [0, 0.1) is 0 Å². The molecule has 1 aliphatic carbocycles. The van der Waals surface area contributed by atoms with Gasteiger partial charge in [0, 0.05) is 11.8 Å². The minimum absolute atomic E-state index is 0.0287. The van der Waals surface area contributed by atoms with E-state index < -0.39 is 0 Å². The molecule has 0 aliphatic heterocycles. The summed E-state index contributed by atoms with van der Waals surface area (Å²) in [5, 5.41) is 0. The van der Waals surface area contributed by atoms with E-state index in [0.29, 0.717) is 6.42 Å². The van der Waals surface area contributed by atoms with E-state index in [1.54, 1.807) is 0 Å². The fraction of sp³-hybridized carbons (Fsp3) is 0.423. The first kappa shape index (κ1) is 20.4. The maximum Gasteiger partial charge on any atom is 0.305 e. The Kier molecular flexibility index (Phi) is 5.52. The first-order chi connectivity index (χ1) is 13.1. The van der Waals surface area contributed by atoms with Crippen LogP contribution >= 0.6 is 0 Å². The summed E-state index contributed by atoms with van der Waals surface area (Å²) in [6.45, 7) is 12.9. The van der Waals surface area contributed by atoms with E-state index in [9.17, 15) is 4.79 Å². The molecule has 0 amide bonds. The van der Waals surface area contributed by atoms with E-state index in [1.165, 1.54) is 27.8 Å². The molecule has 3 rings (SSSR count). The Balaban J connectivity index is 2.04. The Labute approximate surface area is 169 Å². The largest absolute Gasteiger partial charge is 0.461 e. The van der Waals surface area contributed by atoms with Gasteiger partial charge in [0.05, 0.1) is 0 Å². The van der Waals surface area contributed by atoms with Crippen molar-refractivity contribution in [3.63, 3.8) is 0 Å². The number of carbonyl (C=O) groups is 1. The molecule has 2 aromatic carbocycles. The topological polar surface area (TPSA) is 26.3 Å². The molecule has 0 spiro atoms. The quantitative estimate of drug-likeness (QED) is 0.448. The van der Waals surface area contributed by atoms with E-state index in [4.69, 9.17) is 4.74 Å². The molecule has 2 aromatic rings. The summed E-state index contributed by atoms with van der Waals surface area (Å²) in [7, 11) is 0. The number of hydrogen-bond acceptors (Lipinski definition) is 2. The Bertz CT molecular complexity index is 888. The van der Waals surface area contributed by atoms with E-state index in [0.717, 1.165) is 6.42 Å². The van der Waals surface area contributed by atoms with Crippen LogP contribution in [-0.2, 0) is 20.4 Å². The zero-order chi connectivity index (χ0) is 20.5. The molecule has 0 N–H and O–H groups in total. The molecule has 1 unspecified atom stereocenters. The van der Waals surface area contributed by atoms with Gasteiger partial charge in [-0.2, -0.15) is 0 Å². The van der Waals surface area contributed by atoms with Crippen molar-refractivity contribution < 1.29 is 9.53 Å². The third-order valence-electron chi connectivity index (χ3n) is 6.14. The summed E-state index contributed by atoms with van der Waals surface area (Å²) in [5.74, 6) is -0.117. The SMILES string of the molecule is CCC(=O)OC1CC(C)(C)c2ccc(/C(C)=C/c3ccccc3)cc2C1(C)C. The molecule has 0 bridgehead atoms. The Morgan fingerprint density at radius 1 is 1.07 bits per heavy atom. The Hall–Kier alpha value is -2.35. The molecular weight excluding hydrogens is 344 g/mol. The van der Waals surface area contributed by atoms with Crippen molar-refractivity contribution in [2.24, 2.45) is 0 Å². The van der Waals surface area contributed by atoms with Gasteiger partial charge in [-0.1, -0.05) is 89.2 Å². The number of benzene rings is 2. The van der Waals surface area contributed by atoms with E-state index >= 15 is 0 Å². The molecule has 1 aliphatic rings. The molecule has 28 heavy (non-hydrogen) atoms. The highest BCUT2D eigenvalue weighted by molar-refractivity contribution is 5.80. The van der Waals surface area contributed by atoms with Crippen molar-refractivity contribution >= 4 is 17.6 Å². The van der Waals surface area contributed by atoms with Crippen LogP contribution in [0.25, 0.3) is 11.6 Å². The van der Waals surface area contributed by atoms with Gasteiger partial charge in [-0.15, -0.1) is 0 Å². The van der Waals surface area contributed by atoms with E-state index in [-0.39, 0.29) is 22.9 Å². The molecular formula is C26H32O2. The average molecular weight is 377 g/mol. The lowest BCUT2D eigenvalue weighted by Crippen LogP contribution is -2.47. The van der Waals surface area contributed by atoms with Gasteiger partial charge in [0.25, 0.3) is 0 Å². The number of esters is 1. The van der Waals surface area contributed by atoms with Gasteiger partial charge in [0.2, 0.25) is 0 Å². The second-order valence-electron chi connectivity index (χ2n) is 9.14. The van der Waals surface area contributed by atoms with Crippen LogP contribution < -0.4 is 0 Å². The van der Waals surface area contributed by atoms with Crippen LogP contribution in [0.15, 0.2) is 48.5 Å². The molecule has 2 heteroatoms. The average Bonchev–Trinajstić information content (AvgIpc) is 2.66. The van der Waals surface area contributed by atoms with Crippen LogP contribution in [-0.4, -0.2) is 12.1 Å². The maximum atomic E-state index is 12.0. The number of rotatable bonds is 4. The second-order valence-corrected chi connectivity index (χ2v) is 9.14. The van der Waals surface area contributed by atoms with Crippen LogP contribution in [0.2, 0.25) is 0 Å². The van der Waals surface area contributed by atoms with Crippen molar-refractivity contribution in [3.05, 3.63) is 70.8 Å². The van der Waals surface area contributed by atoms with Gasteiger partial charge >= 0.3 is 5.97 Å². The van der Waals surface area contributed by atoms with Gasteiger partial charge in [-0.3, -0.25) is 4.79 Å². The van der Waals surface area contributed by atoms with Crippen molar-refractivity contribution in [3.8, 4) is 0 Å². The predicted molar refractivity (Wildman–Crippen MR) is 117 cm³/mol. The fourth-order valence-electron chi connectivity index (χ4n) is 4.23. The number of carbonyl (C=O) groups excluding carboxylic acids is 1. The molecule has 0 radical (unpaired) electrons. The third-order valence-corrected chi connectivity index (χ3v) is 6.14. The summed E-state index contributed by atoms with van der Waals surface area (Å²) < 4.78 is 5.89. The van der Waals surface area contributed by atoms with Crippen molar-refractivity contribution in [2.75, 3.05) is 0 Å². The molecule has 0 aromatic heterocycles. The lowest BCUT2D eigenvalue weighted by atomic mass is 9.61. The van der Waals surface area contributed by atoms with Crippen LogP contribution in [0.5, 0.6) is 0 Å². The molecule has 1 atom stereocenters. The van der Waals surface area contributed by atoms with Crippen LogP contribution in [0.1, 0.15) is 76.6 Å².